The summed E-state index contributed by atoms with van der Waals surface area (Å²) in [6, 6.07) is 5.81. The molecule has 94 valence electrons. The zero-order valence-electron chi connectivity index (χ0n) is 9.46. The highest BCUT2D eigenvalue weighted by molar-refractivity contribution is 7.90. The highest BCUT2D eigenvalue weighted by Crippen LogP contribution is 2.19. The molecule has 0 aromatic heterocycles. The maximum Gasteiger partial charge on any atom is 0.303 e. The predicted octanol–water partition coefficient (Wildman–Crippen LogP) is 0.955. The summed E-state index contributed by atoms with van der Waals surface area (Å²) < 4.78 is 22.7. The molecule has 0 saturated heterocycles. The van der Waals surface area contributed by atoms with Gasteiger partial charge >= 0.3 is 5.97 Å². The number of hydrogen-bond donors (Lipinski definition) is 2. The lowest BCUT2D eigenvalue weighted by Crippen LogP contribution is -2.13. The molecule has 1 aromatic carbocycles. The third-order valence-corrected chi connectivity index (χ3v) is 3.49. The Morgan fingerprint density at radius 3 is 2.65 bits per heavy atom. The Bertz CT molecular complexity index is 510. The van der Waals surface area contributed by atoms with Crippen LogP contribution in [0.3, 0.4) is 0 Å². The molecule has 0 amide bonds. The van der Waals surface area contributed by atoms with Crippen molar-refractivity contribution in [3.05, 3.63) is 29.8 Å². The van der Waals surface area contributed by atoms with Crippen LogP contribution in [0, 0.1) is 0 Å². The standard InChI is InChI=1S/C11H15NO4S/c1-17(15,16)9-4-2-3-8(7-9)10(12)5-6-11(13)14/h2-4,7,10H,5-6,12H2,1H3,(H,13,14). The van der Waals surface area contributed by atoms with Crippen LogP contribution in [0.5, 0.6) is 0 Å². The van der Waals surface area contributed by atoms with Crippen LogP contribution < -0.4 is 5.73 Å². The highest BCUT2D eigenvalue weighted by Gasteiger charge is 2.12. The molecule has 1 rings (SSSR count). The van der Waals surface area contributed by atoms with Crippen LogP contribution in [0.25, 0.3) is 0 Å². The minimum absolute atomic E-state index is 0.0374. The summed E-state index contributed by atoms with van der Waals surface area (Å²) >= 11 is 0. The van der Waals surface area contributed by atoms with Gasteiger partial charge in [-0.1, -0.05) is 12.1 Å². The highest BCUT2D eigenvalue weighted by atomic mass is 32.2. The van der Waals surface area contributed by atoms with E-state index in [1.807, 2.05) is 0 Å². The van der Waals surface area contributed by atoms with Crippen molar-refractivity contribution in [2.24, 2.45) is 5.73 Å². The second-order valence-electron chi connectivity index (χ2n) is 3.88. The number of hydrogen-bond acceptors (Lipinski definition) is 4. The normalized spacial score (nSPS) is 13.3. The molecule has 0 aliphatic heterocycles. The minimum Gasteiger partial charge on any atom is -0.481 e. The van der Waals surface area contributed by atoms with E-state index < -0.39 is 21.8 Å². The first-order valence-corrected chi connectivity index (χ1v) is 6.97. The van der Waals surface area contributed by atoms with Crippen molar-refractivity contribution < 1.29 is 18.3 Å². The van der Waals surface area contributed by atoms with Crippen molar-refractivity contribution in [2.75, 3.05) is 6.26 Å². The van der Waals surface area contributed by atoms with E-state index in [2.05, 4.69) is 0 Å². The molecule has 0 aliphatic rings. The average molecular weight is 257 g/mol. The maximum atomic E-state index is 11.3. The molecule has 0 bridgehead atoms. The Hall–Kier alpha value is -1.40. The third kappa shape index (κ3) is 4.16. The number of aliphatic carboxylic acids is 1. The van der Waals surface area contributed by atoms with Crippen LogP contribution in [0.2, 0.25) is 0 Å². The van der Waals surface area contributed by atoms with E-state index in [4.69, 9.17) is 10.8 Å². The first-order valence-electron chi connectivity index (χ1n) is 5.08. The molecule has 0 saturated carbocycles. The molecule has 6 heteroatoms. The van der Waals surface area contributed by atoms with Crippen LogP contribution in [-0.4, -0.2) is 25.7 Å². The molecular formula is C11H15NO4S. The molecule has 0 spiro atoms. The minimum atomic E-state index is -3.26. The van der Waals surface area contributed by atoms with E-state index in [0.29, 0.717) is 5.56 Å². The zero-order chi connectivity index (χ0) is 13.1. The summed E-state index contributed by atoms with van der Waals surface area (Å²) in [5.41, 5.74) is 6.43. The fraction of sp³-hybridized carbons (Fsp3) is 0.364. The number of nitrogens with two attached hydrogens (primary N) is 1. The van der Waals surface area contributed by atoms with Crippen molar-refractivity contribution in [2.45, 2.75) is 23.8 Å². The molecule has 3 N–H and O–H groups in total. The molecule has 0 fully saturated rings. The predicted molar refractivity (Wildman–Crippen MR) is 63.4 cm³/mol. The van der Waals surface area contributed by atoms with Crippen LogP contribution in [0.1, 0.15) is 24.4 Å². The van der Waals surface area contributed by atoms with Gasteiger partial charge in [0, 0.05) is 18.7 Å². The van der Waals surface area contributed by atoms with Crippen LogP contribution in [0.4, 0.5) is 0 Å². The first-order chi connectivity index (χ1) is 7.80. The third-order valence-electron chi connectivity index (χ3n) is 2.38. The molecule has 17 heavy (non-hydrogen) atoms. The van der Waals surface area contributed by atoms with Gasteiger partial charge in [0.05, 0.1) is 4.90 Å². The zero-order valence-corrected chi connectivity index (χ0v) is 10.3. The number of carboxylic acid groups (broad SMARTS) is 1. The van der Waals surface area contributed by atoms with Gasteiger partial charge in [0.15, 0.2) is 9.84 Å². The summed E-state index contributed by atoms with van der Waals surface area (Å²) in [6.07, 6.45) is 1.36. The summed E-state index contributed by atoms with van der Waals surface area (Å²) in [5.74, 6) is -0.917. The van der Waals surface area contributed by atoms with E-state index in [0.717, 1.165) is 6.26 Å². The summed E-state index contributed by atoms with van der Waals surface area (Å²) in [6.45, 7) is 0. The number of carboxylic acids is 1. The first kappa shape index (κ1) is 13.7. The van der Waals surface area contributed by atoms with Gasteiger partial charge in [0.25, 0.3) is 0 Å². The molecule has 0 aliphatic carbocycles. The Balaban J connectivity index is 2.88. The van der Waals surface area contributed by atoms with Crippen LogP contribution >= 0.6 is 0 Å². The molecule has 5 nitrogen and oxygen atoms in total. The summed E-state index contributed by atoms with van der Waals surface area (Å²) in [5, 5.41) is 8.54. The van der Waals surface area contributed by atoms with Crippen molar-refractivity contribution >= 4 is 15.8 Å². The van der Waals surface area contributed by atoms with Crippen molar-refractivity contribution in [3.8, 4) is 0 Å². The van der Waals surface area contributed by atoms with Gasteiger partial charge in [-0.15, -0.1) is 0 Å². The van der Waals surface area contributed by atoms with Gasteiger partial charge in [-0.3, -0.25) is 4.79 Å². The Labute approximate surface area is 100 Å². The summed E-state index contributed by atoms with van der Waals surface area (Å²) in [7, 11) is -3.26. The smallest absolute Gasteiger partial charge is 0.303 e. The SMILES string of the molecule is CS(=O)(=O)c1cccc(C(N)CCC(=O)O)c1. The quantitative estimate of drug-likeness (QED) is 0.818. The Morgan fingerprint density at radius 1 is 1.47 bits per heavy atom. The topological polar surface area (TPSA) is 97.5 Å². The Morgan fingerprint density at radius 2 is 2.12 bits per heavy atom. The van der Waals surface area contributed by atoms with Gasteiger partial charge in [0.1, 0.15) is 0 Å². The maximum absolute atomic E-state index is 11.3. The fourth-order valence-corrected chi connectivity index (χ4v) is 2.10. The monoisotopic (exact) mass is 257 g/mol. The van der Waals surface area contributed by atoms with Crippen molar-refractivity contribution in [1.29, 1.82) is 0 Å². The number of rotatable bonds is 5. The number of carbonyl (C=O) groups is 1. The second-order valence-corrected chi connectivity index (χ2v) is 5.90. The van der Waals surface area contributed by atoms with Gasteiger partial charge in [0.2, 0.25) is 0 Å². The van der Waals surface area contributed by atoms with E-state index in [-0.39, 0.29) is 17.7 Å². The fourth-order valence-electron chi connectivity index (χ4n) is 1.42. The van der Waals surface area contributed by atoms with Crippen LogP contribution in [0.15, 0.2) is 29.2 Å². The Kier molecular flexibility index (Phi) is 4.25. The van der Waals surface area contributed by atoms with Gasteiger partial charge in [-0.25, -0.2) is 8.42 Å². The molecule has 0 heterocycles. The molecule has 1 unspecified atom stereocenters. The van der Waals surface area contributed by atoms with Crippen molar-refractivity contribution in [3.63, 3.8) is 0 Å². The van der Waals surface area contributed by atoms with E-state index in [1.165, 1.54) is 12.1 Å². The van der Waals surface area contributed by atoms with Crippen LogP contribution in [-0.2, 0) is 14.6 Å². The van der Waals surface area contributed by atoms with E-state index in [1.54, 1.807) is 12.1 Å². The second kappa shape index (κ2) is 5.29. The molecule has 1 atom stereocenters. The van der Waals surface area contributed by atoms with E-state index >= 15 is 0 Å². The van der Waals surface area contributed by atoms with Gasteiger partial charge < -0.3 is 10.8 Å². The molecule has 0 radical (unpaired) electrons. The summed E-state index contributed by atoms with van der Waals surface area (Å²) in [4.78, 5) is 10.6. The number of sulfone groups is 1. The lowest BCUT2D eigenvalue weighted by Gasteiger charge is -2.11. The largest absolute Gasteiger partial charge is 0.481 e. The molecular weight excluding hydrogens is 242 g/mol. The van der Waals surface area contributed by atoms with E-state index in [9.17, 15) is 13.2 Å². The van der Waals surface area contributed by atoms with Crippen molar-refractivity contribution in [1.82, 2.24) is 0 Å². The van der Waals surface area contributed by atoms with Gasteiger partial charge in [-0.05, 0) is 24.1 Å². The lowest BCUT2D eigenvalue weighted by atomic mass is 10.0. The average Bonchev–Trinajstić information content (AvgIpc) is 2.25. The molecule has 1 aromatic rings. The lowest BCUT2D eigenvalue weighted by molar-refractivity contribution is -0.137. The number of benzene rings is 1. The van der Waals surface area contributed by atoms with Gasteiger partial charge in [-0.2, -0.15) is 0 Å².